The lowest BCUT2D eigenvalue weighted by atomic mass is 9.94. The number of amides is 2. The van der Waals surface area contributed by atoms with Crippen LogP contribution < -0.4 is 20.1 Å². The van der Waals surface area contributed by atoms with Crippen molar-refractivity contribution in [3.05, 3.63) is 68.8 Å². The third-order valence-electron chi connectivity index (χ3n) is 4.95. The maximum atomic E-state index is 12.5. The summed E-state index contributed by atoms with van der Waals surface area (Å²) in [6.07, 6.45) is 0.465. The third kappa shape index (κ3) is 5.11. The molecule has 0 aromatic heterocycles. The van der Waals surface area contributed by atoms with Gasteiger partial charge in [-0.1, -0.05) is 42.3 Å². The second-order valence-corrected chi connectivity index (χ2v) is 7.71. The Morgan fingerprint density at radius 1 is 1.06 bits per heavy atom. The average molecular weight is 479 g/mol. The Morgan fingerprint density at radius 2 is 1.78 bits per heavy atom. The van der Waals surface area contributed by atoms with E-state index in [4.69, 9.17) is 37.4 Å². The molecular formula is C23H24Cl2N2O5. The number of nitrogens with one attached hydrogen (secondary N) is 2. The van der Waals surface area contributed by atoms with Crippen LogP contribution in [0.1, 0.15) is 37.4 Å². The summed E-state index contributed by atoms with van der Waals surface area (Å²) in [5.74, 6) is 0.417. The maximum Gasteiger partial charge on any atom is 0.337 e. The quantitative estimate of drug-likeness (QED) is 0.511. The predicted octanol–water partition coefficient (Wildman–Crippen LogP) is 5.16. The van der Waals surface area contributed by atoms with E-state index in [1.54, 1.807) is 36.4 Å². The molecule has 2 amide bonds. The molecule has 1 heterocycles. The zero-order valence-electron chi connectivity index (χ0n) is 18.0. The smallest absolute Gasteiger partial charge is 0.337 e. The molecule has 0 aliphatic carbocycles. The molecule has 3 rings (SSSR count). The molecule has 2 aromatic rings. The molecule has 1 atom stereocenters. The Balaban J connectivity index is 1.95. The third-order valence-corrected chi connectivity index (χ3v) is 5.66. The topological polar surface area (TPSA) is 85.9 Å². The van der Waals surface area contributed by atoms with Gasteiger partial charge in [0, 0.05) is 21.3 Å². The summed E-state index contributed by atoms with van der Waals surface area (Å²) in [6.45, 7) is 4.24. The van der Waals surface area contributed by atoms with Gasteiger partial charge in [-0.05, 0) is 43.2 Å². The molecule has 2 N–H and O–H groups in total. The van der Waals surface area contributed by atoms with Gasteiger partial charge < -0.3 is 24.8 Å². The van der Waals surface area contributed by atoms with Crippen molar-refractivity contribution in [2.75, 3.05) is 13.7 Å². The van der Waals surface area contributed by atoms with Crippen LogP contribution in [0.4, 0.5) is 4.79 Å². The molecule has 170 valence electrons. The highest BCUT2D eigenvalue weighted by Gasteiger charge is 2.33. The fourth-order valence-electron chi connectivity index (χ4n) is 3.41. The van der Waals surface area contributed by atoms with Gasteiger partial charge in [0.25, 0.3) is 0 Å². The van der Waals surface area contributed by atoms with E-state index in [1.165, 1.54) is 7.11 Å². The van der Waals surface area contributed by atoms with E-state index in [2.05, 4.69) is 10.6 Å². The number of urea groups is 1. The molecule has 7 nitrogen and oxygen atoms in total. The highest BCUT2D eigenvalue weighted by Crippen LogP contribution is 2.36. The summed E-state index contributed by atoms with van der Waals surface area (Å²) >= 11 is 12.5. The van der Waals surface area contributed by atoms with E-state index in [0.717, 1.165) is 0 Å². The van der Waals surface area contributed by atoms with Gasteiger partial charge in [-0.2, -0.15) is 0 Å². The molecule has 1 unspecified atom stereocenters. The molecule has 0 bridgehead atoms. The minimum atomic E-state index is -0.697. The van der Waals surface area contributed by atoms with Crippen LogP contribution in [-0.2, 0) is 16.1 Å². The summed E-state index contributed by atoms with van der Waals surface area (Å²) in [5, 5.41) is 6.47. The fourth-order valence-corrected chi connectivity index (χ4v) is 3.92. The number of allylic oxidation sites excluding steroid dienone is 1. The lowest BCUT2D eigenvalue weighted by Crippen LogP contribution is -2.45. The van der Waals surface area contributed by atoms with Gasteiger partial charge in [0.15, 0.2) is 11.5 Å². The van der Waals surface area contributed by atoms with E-state index in [-0.39, 0.29) is 6.61 Å². The van der Waals surface area contributed by atoms with Crippen LogP contribution in [0, 0.1) is 0 Å². The Kier molecular flexibility index (Phi) is 7.88. The summed E-state index contributed by atoms with van der Waals surface area (Å²) < 4.78 is 16.7. The molecule has 0 fully saturated rings. The summed E-state index contributed by atoms with van der Waals surface area (Å²) in [7, 11) is 1.30. The van der Waals surface area contributed by atoms with Crippen molar-refractivity contribution in [1.82, 2.24) is 10.6 Å². The lowest BCUT2D eigenvalue weighted by Gasteiger charge is -2.29. The Morgan fingerprint density at radius 3 is 2.41 bits per heavy atom. The van der Waals surface area contributed by atoms with Crippen molar-refractivity contribution in [1.29, 1.82) is 0 Å². The van der Waals surface area contributed by atoms with Crippen LogP contribution in [0.15, 0.2) is 47.7 Å². The number of hydrogen-bond acceptors (Lipinski definition) is 5. The van der Waals surface area contributed by atoms with Crippen LogP contribution in [0.25, 0.3) is 0 Å². The van der Waals surface area contributed by atoms with E-state index < -0.39 is 18.0 Å². The number of benzene rings is 2. The van der Waals surface area contributed by atoms with Crippen LogP contribution in [0.2, 0.25) is 10.0 Å². The number of carbonyl (C=O) groups excluding carboxylic acids is 2. The highest BCUT2D eigenvalue weighted by atomic mass is 35.5. The molecular weight excluding hydrogens is 455 g/mol. The van der Waals surface area contributed by atoms with E-state index in [0.29, 0.717) is 57.0 Å². The number of esters is 1. The van der Waals surface area contributed by atoms with Crippen LogP contribution in [-0.4, -0.2) is 25.7 Å². The largest absolute Gasteiger partial charge is 0.490 e. The van der Waals surface area contributed by atoms with Crippen molar-refractivity contribution >= 4 is 35.2 Å². The summed E-state index contributed by atoms with van der Waals surface area (Å²) in [5.41, 5.74) is 2.17. The Labute approximate surface area is 196 Å². The first kappa shape index (κ1) is 23.8. The van der Waals surface area contributed by atoms with E-state index in [1.807, 2.05) is 13.8 Å². The molecule has 0 spiro atoms. The van der Waals surface area contributed by atoms with Gasteiger partial charge >= 0.3 is 12.0 Å². The van der Waals surface area contributed by atoms with E-state index >= 15 is 0 Å². The van der Waals surface area contributed by atoms with Crippen LogP contribution in [0.3, 0.4) is 0 Å². The van der Waals surface area contributed by atoms with Crippen LogP contribution in [0.5, 0.6) is 11.5 Å². The second-order valence-electron chi connectivity index (χ2n) is 6.90. The highest BCUT2D eigenvalue weighted by molar-refractivity contribution is 6.35. The summed E-state index contributed by atoms with van der Waals surface area (Å²) in [4.78, 5) is 24.7. The Hall–Kier alpha value is -2.90. The molecule has 32 heavy (non-hydrogen) atoms. The second kappa shape index (κ2) is 10.6. The van der Waals surface area contributed by atoms with Gasteiger partial charge in [0.2, 0.25) is 0 Å². The monoisotopic (exact) mass is 478 g/mol. The van der Waals surface area contributed by atoms with Gasteiger partial charge in [0.1, 0.15) is 6.61 Å². The van der Waals surface area contributed by atoms with Crippen molar-refractivity contribution in [2.45, 2.75) is 32.9 Å². The molecule has 1 aliphatic rings. The molecule has 1 aliphatic heterocycles. The standard InChI is InChI=1S/C23H24Cl2N2O5/c1-4-17-20(22(28)30-3)21(27-23(29)26-17)13-9-10-18(19(11-13)31-5-2)32-12-14-15(24)7-6-8-16(14)25/h6-11,21H,4-5,12H2,1-3H3,(H2,26,27,29). The number of carbonyl (C=O) groups is 2. The van der Waals surface area contributed by atoms with Gasteiger partial charge in [-0.15, -0.1) is 0 Å². The first-order chi connectivity index (χ1) is 15.4. The number of ether oxygens (including phenoxy) is 3. The van der Waals surface area contributed by atoms with Gasteiger partial charge in [0.05, 0.1) is 25.3 Å². The minimum absolute atomic E-state index is 0.148. The molecule has 0 radical (unpaired) electrons. The number of methoxy groups -OCH3 is 1. The number of hydrogen-bond donors (Lipinski definition) is 2. The van der Waals surface area contributed by atoms with Crippen LogP contribution >= 0.6 is 23.2 Å². The first-order valence-corrected chi connectivity index (χ1v) is 10.9. The zero-order valence-corrected chi connectivity index (χ0v) is 19.5. The Bertz CT molecular complexity index is 1030. The average Bonchev–Trinajstić information content (AvgIpc) is 2.78. The molecule has 2 aromatic carbocycles. The van der Waals surface area contributed by atoms with E-state index in [9.17, 15) is 9.59 Å². The fraction of sp³-hybridized carbons (Fsp3) is 0.304. The molecule has 9 heteroatoms. The van der Waals surface area contributed by atoms with Crippen molar-refractivity contribution in [3.63, 3.8) is 0 Å². The summed E-state index contributed by atoms with van der Waals surface area (Å²) in [6, 6.07) is 9.37. The van der Waals surface area contributed by atoms with Gasteiger partial charge in [-0.25, -0.2) is 9.59 Å². The minimum Gasteiger partial charge on any atom is -0.490 e. The normalized spacial score (nSPS) is 15.7. The van der Waals surface area contributed by atoms with Gasteiger partial charge in [-0.3, -0.25) is 0 Å². The first-order valence-electron chi connectivity index (χ1n) is 10.1. The lowest BCUT2D eigenvalue weighted by molar-refractivity contribution is -0.136. The zero-order chi connectivity index (χ0) is 23.3. The van der Waals surface area contributed by atoms with Crippen molar-refractivity contribution in [3.8, 4) is 11.5 Å². The predicted molar refractivity (Wildman–Crippen MR) is 122 cm³/mol. The number of halogens is 2. The maximum absolute atomic E-state index is 12.5. The molecule has 0 saturated heterocycles. The molecule has 0 saturated carbocycles. The van der Waals surface area contributed by atoms with Crippen molar-refractivity contribution < 1.29 is 23.8 Å². The number of rotatable bonds is 8. The van der Waals surface area contributed by atoms with Crippen molar-refractivity contribution in [2.24, 2.45) is 0 Å². The SMILES string of the molecule is CCOc1cc(C2NC(=O)NC(CC)=C2C(=O)OC)ccc1OCc1c(Cl)cccc1Cl.